The van der Waals surface area contributed by atoms with Gasteiger partial charge in [0.15, 0.2) is 0 Å². The number of fused-ring (bicyclic) bond motifs is 3. The molecule has 0 saturated carbocycles. The minimum absolute atomic E-state index is 0.342. The van der Waals surface area contributed by atoms with Gasteiger partial charge in [0.05, 0.1) is 16.7 Å². The Morgan fingerprint density at radius 3 is 2.14 bits per heavy atom. The number of nitrogens with zero attached hydrogens (tertiary/aromatic N) is 2. The molecule has 4 rings (SSSR count). The van der Waals surface area contributed by atoms with Crippen LogP contribution in [-0.2, 0) is 6.54 Å². The van der Waals surface area contributed by atoms with E-state index in [2.05, 4.69) is 84.3 Å². The first-order valence-electron chi connectivity index (χ1n) is 9.73. The Hall–Kier alpha value is -2.82. The number of aromatic nitrogens is 1. The average molecular weight is 374 g/mol. The minimum Gasteiger partial charge on any atom is -0.505 e. The van der Waals surface area contributed by atoms with Crippen molar-refractivity contribution in [1.29, 1.82) is 0 Å². The van der Waals surface area contributed by atoms with Crippen molar-refractivity contribution in [2.75, 3.05) is 27.2 Å². The Morgan fingerprint density at radius 2 is 1.54 bits per heavy atom. The summed E-state index contributed by atoms with van der Waals surface area (Å²) in [6.45, 7) is 4.57. The second-order valence-electron chi connectivity index (χ2n) is 7.64. The molecule has 3 aromatic carbocycles. The van der Waals surface area contributed by atoms with Crippen molar-refractivity contribution < 1.29 is 5.11 Å². The molecule has 4 nitrogen and oxygen atoms in total. The molecular weight excluding hydrogens is 346 g/mol. The maximum Gasteiger partial charge on any atom is 0.144 e. The zero-order valence-electron chi connectivity index (χ0n) is 16.7. The molecule has 0 unspecified atom stereocenters. The number of para-hydroxylation sites is 2. The number of rotatable bonds is 6. The minimum atomic E-state index is 0.342. The lowest BCUT2D eigenvalue weighted by Crippen LogP contribution is -2.26. The van der Waals surface area contributed by atoms with Gasteiger partial charge in [-0.3, -0.25) is 0 Å². The van der Waals surface area contributed by atoms with Crippen LogP contribution in [0.3, 0.4) is 0 Å². The molecule has 0 fully saturated rings. The van der Waals surface area contributed by atoms with Crippen LogP contribution in [-0.4, -0.2) is 41.8 Å². The molecule has 2 N–H and O–H groups in total. The molecule has 0 bridgehead atoms. The highest BCUT2D eigenvalue weighted by Gasteiger charge is 2.16. The van der Waals surface area contributed by atoms with Crippen molar-refractivity contribution in [2.24, 2.45) is 0 Å². The number of phenols is 1. The molecule has 0 aliphatic heterocycles. The summed E-state index contributed by atoms with van der Waals surface area (Å²) >= 11 is 0. The Bertz CT molecular complexity index is 1070. The van der Waals surface area contributed by atoms with Crippen LogP contribution in [0.4, 0.5) is 0 Å². The third-order valence-electron chi connectivity index (χ3n) is 5.19. The highest BCUT2D eigenvalue weighted by molar-refractivity contribution is 6.09. The quantitative estimate of drug-likeness (QED) is 0.491. The number of phenolic OH excluding ortho intramolecular Hbond substituents is 1. The van der Waals surface area contributed by atoms with Gasteiger partial charge < -0.3 is 19.9 Å². The number of aryl methyl sites for hydroxylation is 1. The van der Waals surface area contributed by atoms with Crippen molar-refractivity contribution in [1.82, 2.24) is 14.8 Å². The monoisotopic (exact) mass is 373 g/mol. The van der Waals surface area contributed by atoms with Crippen molar-refractivity contribution in [3.63, 3.8) is 0 Å². The topological polar surface area (TPSA) is 40.4 Å². The van der Waals surface area contributed by atoms with Gasteiger partial charge in [0.25, 0.3) is 0 Å². The SMILES string of the molecule is Cc1cc(CNCCN(C)C)c(O)c(-n2c3ccccc3c3ccccc32)c1. The molecule has 0 amide bonds. The molecule has 0 radical (unpaired) electrons. The first-order valence-corrected chi connectivity index (χ1v) is 9.73. The molecule has 144 valence electrons. The van der Waals surface area contributed by atoms with Crippen LogP contribution in [0.5, 0.6) is 5.75 Å². The molecule has 1 heterocycles. The fourth-order valence-electron chi connectivity index (χ4n) is 3.85. The summed E-state index contributed by atoms with van der Waals surface area (Å²) in [5.74, 6) is 0.342. The van der Waals surface area contributed by atoms with E-state index in [0.29, 0.717) is 12.3 Å². The zero-order chi connectivity index (χ0) is 19.7. The fraction of sp³-hybridized carbons (Fsp3) is 0.250. The summed E-state index contributed by atoms with van der Waals surface area (Å²) in [7, 11) is 4.12. The standard InChI is InChI=1S/C24H27N3O/c1-17-14-18(16-25-12-13-26(2)3)24(28)23(15-17)27-21-10-6-4-8-19(21)20-9-5-7-11-22(20)27/h4-11,14-15,25,28H,12-13,16H2,1-3H3. The lowest BCUT2D eigenvalue weighted by atomic mass is 10.1. The summed E-state index contributed by atoms with van der Waals surface area (Å²) in [6.07, 6.45) is 0. The van der Waals surface area contributed by atoms with E-state index in [9.17, 15) is 5.11 Å². The highest BCUT2D eigenvalue weighted by Crippen LogP contribution is 2.36. The fourth-order valence-corrected chi connectivity index (χ4v) is 3.85. The van der Waals surface area contributed by atoms with E-state index in [4.69, 9.17) is 0 Å². The van der Waals surface area contributed by atoms with Gasteiger partial charge in [0.1, 0.15) is 5.75 Å². The van der Waals surface area contributed by atoms with Gasteiger partial charge in [-0.15, -0.1) is 0 Å². The Kier molecular flexibility index (Phi) is 5.07. The van der Waals surface area contributed by atoms with Crippen LogP contribution in [0.15, 0.2) is 60.7 Å². The Morgan fingerprint density at radius 1 is 0.929 bits per heavy atom. The Labute approximate surface area is 166 Å². The smallest absolute Gasteiger partial charge is 0.144 e. The molecule has 4 heteroatoms. The van der Waals surface area contributed by atoms with Crippen molar-refractivity contribution in [2.45, 2.75) is 13.5 Å². The van der Waals surface area contributed by atoms with E-state index in [0.717, 1.165) is 40.9 Å². The molecule has 4 aromatic rings. The second-order valence-corrected chi connectivity index (χ2v) is 7.64. The second kappa shape index (κ2) is 7.66. The third-order valence-corrected chi connectivity index (χ3v) is 5.19. The lowest BCUT2D eigenvalue weighted by molar-refractivity contribution is 0.398. The average Bonchev–Trinajstić information content (AvgIpc) is 3.02. The van der Waals surface area contributed by atoms with Gasteiger partial charge in [-0.25, -0.2) is 0 Å². The first-order chi connectivity index (χ1) is 13.6. The molecule has 0 spiro atoms. The van der Waals surface area contributed by atoms with Gasteiger partial charge >= 0.3 is 0 Å². The first kappa shape index (κ1) is 18.5. The van der Waals surface area contributed by atoms with E-state index < -0.39 is 0 Å². The van der Waals surface area contributed by atoms with E-state index in [1.807, 2.05) is 12.1 Å². The molecule has 0 aliphatic carbocycles. The van der Waals surface area contributed by atoms with E-state index in [-0.39, 0.29) is 0 Å². The van der Waals surface area contributed by atoms with Crippen LogP contribution in [0.1, 0.15) is 11.1 Å². The molecule has 0 saturated heterocycles. The maximum atomic E-state index is 11.1. The normalized spacial score (nSPS) is 11.7. The molecule has 0 aliphatic rings. The van der Waals surface area contributed by atoms with Crippen LogP contribution < -0.4 is 5.32 Å². The zero-order valence-corrected chi connectivity index (χ0v) is 16.7. The predicted octanol–water partition coefficient (Wildman–Crippen LogP) is 4.45. The largest absolute Gasteiger partial charge is 0.505 e. The maximum absolute atomic E-state index is 11.1. The number of nitrogens with one attached hydrogen (secondary N) is 1. The number of hydrogen-bond acceptors (Lipinski definition) is 3. The highest BCUT2D eigenvalue weighted by atomic mass is 16.3. The van der Waals surface area contributed by atoms with Crippen LogP contribution in [0.2, 0.25) is 0 Å². The number of hydrogen-bond donors (Lipinski definition) is 2. The predicted molar refractivity (Wildman–Crippen MR) is 117 cm³/mol. The number of aromatic hydroxyl groups is 1. The van der Waals surface area contributed by atoms with Gasteiger partial charge in [-0.1, -0.05) is 42.5 Å². The molecule has 1 aromatic heterocycles. The van der Waals surface area contributed by atoms with E-state index in [1.54, 1.807) is 0 Å². The van der Waals surface area contributed by atoms with Gasteiger partial charge in [0, 0.05) is 36.0 Å². The molecular formula is C24H27N3O. The lowest BCUT2D eigenvalue weighted by Gasteiger charge is -2.16. The van der Waals surface area contributed by atoms with Crippen LogP contribution in [0.25, 0.3) is 27.5 Å². The summed E-state index contributed by atoms with van der Waals surface area (Å²) < 4.78 is 2.18. The van der Waals surface area contributed by atoms with Gasteiger partial charge in [-0.05, 0) is 44.8 Å². The number of likely N-dealkylation sites (N-methyl/N-ethyl adjacent to an activating group) is 1. The van der Waals surface area contributed by atoms with Crippen LogP contribution in [0, 0.1) is 6.92 Å². The Balaban J connectivity index is 1.83. The summed E-state index contributed by atoms with van der Waals surface area (Å²) in [6, 6.07) is 20.9. The summed E-state index contributed by atoms with van der Waals surface area (Å²) in [4.78, 5) is 2.15. The molecule has 28 heavy (non-hydrogen) atoms. The van der Waals surface area contributed by atoms with Crippen molar-refractivity contribution >= 4 is 21.8 Å². The molecule has 0 atom stereocenters. The van der Waals surface area contributed by atoms with Gasteiger partial charge in [-0.2, -0.15) is 0 Å². The third kappa shape index (κ3) is 3.37. The number of benzene rings is 3. The van der Waals surface area contributed by atoms with Crippen molar-refractivity contribution in [3.05, 3.63) is 71.8 Å². The van der Waals surface area contributed by atoms with E-state index in [1.165, 1.54) is 10.8 Å². The van der Waals surface area contributed by atoms with Crippen LogP contribution >= 0.6 is 0 Å². The van der Waals surface area contributed by atoms with Gasteiger partial charge in [0.2, 0.25) is 0 Å². The van der Waals surface area contributed by atoms with Crippen molar-refractivity contribution in [3.8, 4) is 11.4 Å². The summed E-state index contributed by atoms with van der Waals surface area (Å²) in [5, 5.41) is 17.0. The summed E-state index contributed by atoms with van der Waals surface area (Å²) in [5.41, 5.74) is 5.11. The van der Waals surface area contributed by atoms with E-state index >= 15 is 0 Å².